The van der Waals surface area contributed by atoms with Crippen molar-refractivity contribution in [1.82, 2.24) is 4.98 Å². The number of aromatic nitrogens is 1. The Kier molecular flexibility index (Phi) is 14.5. The summed E-state index contributed by atoms with van der Waals surface area (Å²) in [7, 11) is 0. The van der Waals surface area contributed by atoms with E-state index in [1.807, 2.05) is 12.3 Å². The number of unbranched alkanes of at least 4 members (excludes halogenated alkanes) is 12. The summed E-state index contributed by atoms with van der Waals surface area (Å²) in [6, 6.07) is 17.2. The van der Waals surface area contributed by atoms with Gasteiger partial charge in [0.25, 0.3) is 0 Å². The first-order valence-electron chi connectivity index (χ1n) is 13.0. The number of hydrogen-bond acceptors (Lipinski definition) is 1. The van der Waals surface area contributed by atoms with Crippen LogP contribution in [0.5, 0.6) is 0 Å². The fraction of sp³-hybridized carbons (Fsp3) is 0.567. The van der Waals surface area contributed by atoms with Crippen molar-refractivity contribution in [3.05, 3.63) is 78.1 Å². The lowest BCUT2D eigenvalue weighted by Gasteiger charge is -2.17. The Balaban J connectivity index is 1.50. The number of allylic oxidation sites excluding steroid dienone is 2. The molecule has 0 aliphatic carbocycles. The van der Waals surface area contributed by atoms with E-state index in [2.05, 4.69) is 66.5 Å². The van der Waals surface area contributed by atoms with Crippen molar-refractivity contribution in [3.8, 4) is 0 Å². The van der Waals surface area contributed by atoms with Crippen LogP contribution in [-0.2, 0) is 0 Å². The van der Waals surface area contributed by atoms with E-state index >= 15 is 0 Å². The molecule has 1 unspecified atom stereocenters. The van der Waals surface area contributed by atoms with Crippen LogP contribution < -0.4 is 0 Å². The van der Waals surface area contributed by atoms with E-state index in [9.17, 15) is 0 Å². The van der Waals surface area contributed by atoms with E-state index in [1.54, 1.807) is 0 Å². The van der Waals surface area contributed by atoms with Crippen LogP contribution >= 0.6 is 0 Å². The van der Waals surface area contributed by atoms with Crippen molar-refractivity contribution < 1.29 is 0 Å². The predicted molar refractivity (Wildman–Crippen MR) is 137 cm³/mol. The van der Waals surface area contributed by atoms with Gasteiger partial charge in [0.15, 0.2) is 0 Å². The Morgan fingerprint density at radius 2 is 1.23 bits per heavy atom. The van der Waals surface area contributed by atoms with Crippen LogP contribution in [0.15, 0.2) is 66.9 Å². The van der Waals surface area contributed by atoms with Gasteiger partial charge in [-0.1, -0.05) is 120 Å². The summed E-state index contributed by atoms with van der Waals surface area (Å²) in [6.07, 6.45) is 27.0. The molecule has 0 aliphatic heterocycles. The maximum absolute atomic E-state index is 4.64. The van der Waals surface area contributed by atoms with Crippen molar-refractivity contribution in [3.63, 3.8) is 0 Å². The summed E-state index contributed by atoms with van der Waals surface area (Å²) < 4.78 is 0. The highest BCUT2D eigenvalue weighted by Crippen LogP contribution is 2.28. The van der Waals surface area contributed by atoms with Gasteiger partial charge in [0.2, 0.25) is 0 Å². The molecule has 0 saturated carbocycles. The topological polar surface area (TPSA) is 12.9 Å². The smallest absolute Gasteiger partial charge is 0.0478 e. The fourth-order valence-electron chi connectivity index (χ4n) is 4.35. The number of pyridine rings is 1. The first kappa shape index (κ1) is 25.4. The average molecular weight is 420 g/mol. The van der Waals surface area contributed by atoms with E-state index in [0.717, 1.165) is 0 Å². The van der Waals surface area contributed by atoms with Crippen LogP contribution in [0.25, 0.3) is 0 Å². The molecule has 0 N–H and O–H groups in total. The molecule has 0 aliphatic rings. The third kappa shape index (κ3) is 11.9. The van der Waals surface area contributed by atoms with E-state index in [-0.39, 0.29) is 0 Å². The third-order valence-electron chi connectivity index (χ3n) is 6.25. The molecule has 1 nitrogen and oxygen atoms in total. The lowest BCUT2D eigenvalue weighted by Crippen LogP contribution is -2.03. The molecule has 170 valence electrons. The van der Waals surface area contributed by atoms with Crippen molar-refractivity contribution in [2.75, 3.05) is 0 Å². The summed E-state index contributed by atoms with van der Waals surface area (Å²) in [5, 5.41) is 0. The maximum atomic E-state index is 4.64. The zero-order valence-corrected chi connectivity index (χ0v) is 20.0. The monoisotopic (exact) mass is 419 g/mol. The van der Waals surface area contributed by atoms with Crippen molar-refractivity contribution >= 4 is 0 Å². The number of rotatable bonds is 18. The molecule has 0 spiro atoms. The molecule has 2 rings (SSSR count). The SMILES string of the molecule is CCCCCCCCC=CCCCCCCCCC(c1ccccc1)c1ccccn1. The van der Waals surface area contributed by atoms with Gasteiger partial charge >= 0.3 is 0 Å². The van der Waals surface area contributed by atoms with E-state index < -0.39 is 0 Å². The summed E-state index contributed by atoms with van der Waals surface area (Å²) in [4.78, 5) is 4.64. The van der Waals surface area contributed by atoms with Gasteiger partial charge < -0.3 is 0 Å². The zero-order valence-electron chi connectivity index (χ0n) is 20.0. The molecule has 0 amide bonds. The third-order valence-corrected chi connectivity index (χ3v) is 6.25. The van der Waals surface area contributed by atoms with Crippen LogP contribution in [-0.4, -0.2) is 4.98 Å². The fourth-order valence-corrected chi connectivity index (χ4v) is 4.35. The van der Waals surface area contributed by atoms with Gasteiger partial charge in [-0.3, -0.25) is 4.98 Å². The van der Waals surface area contributed by atoms with Gasteiger partial charge in [0.1, 0.15) is 0 Å². The molecule has 31 heavy (non-hydrogen) atoms. The normalized spacial score (nSPS) is 12.4. The molecule has 1 aromatic carbocycles. The summed E-state index contributed by atoms with van der Waals surface area (Å²) in [5.41, 5.74) is 2.61. The highest BCUT2D eigenvalue weighted by atomic mass is 14.7. The van der Waals surface area contributed by atoms with Crippen LogP contribution in [0.4, 0.5) is 0 Å². The molecule has 1 heteroatoms. The Labute approximate surface area is 192 Å². The average Bonchev–Trinajstić information content (AvgIpc) is 2.82. The van der Waals surface area contributed by atoms with E-state index in [0.29, 0.717) is 5.92 Å². The lowest BCUT2D eigenvalue weighted by molar-refractivity contribution is 0.558. The molecule has 2 aromatic rings. The van der Waals surface area contributed by atoms with Crippen molar-refractivity contribution in [2.45, 2.75) is 109 Å². The Morgan fingerprint density at radius 1 is 0.645 bits per heavy atom. The lowest BCUT2D eigenvalue weighted by atomic mass is 9.89. The number of benzene rings is 1. The molecule has 0 fully saturated rings. The van der Waals surface area contributed by atoms with Crippen molar-refractivity contribution in [2.24, 2.45) is 0 Å². The Bertz CT molecular complexity index is 622. The van der Waals surface area contributed by atoms with Gasteiger partial charge in [-0.25, -0.2) is 0 Å². The molecule has 1 aromatic heterocycles. The minimum atomic E-state index is 0.430. The highest BCUT2D eigenvalue weighted by Gasteiger charge is 2.14. The maximum Gasteiger partial charge on any atom is 0.0478 e. The van der Waals surface area contributed by atoms with Gasteiger partial charge in [-0.05, 0) is 49.8 Å². The largest absolute Gasteiger partial charge is 0.261 e. The quantitative estimate of drug-likeness (QED) is 0.173. The van der Waals surface area contributed by atoms with Crippen LogP contribution in [0.1, 0.15) is 120 Å². The molecule has 0 saturated heterocycles. The second kappa shape index (κ2) is 17.8. The molecular formula is C30H45N. The molecular weight excluding hydrogens is 374 g/mol. The molecule has 0 bridgehead atoms. The first-order valence-corrected chi connectivity index (χ1v) is 13.0. The highest BCUT2D eigenvalue weighted by molar-refractivity contribution is 5.28. The molecule has 0 radical (unpaired) electrons. The number of hydrogen-bond donors (Lipinski definition) is 0. The summed E-state index contributed by atoms with van der Waals surface area (Å²) in [5.74, 6) is 0.430. The van der Waals surface area contributed by atoms with E-state index in [1.165, 1.54) is 108 Å². The van der Waals surface area contributed by atoms with Gasteiger partial charge in [-0.2, -0.15) is 0 Å². The Morgan fingerprint density at radius 3 is 1.84 bits per heavy atom. The summed E-state index contributed by atoms with van der Waals surface area (Å²) >= 11 is 0. The molecule has 1 heterocycles. The standard InChI is InChI=1S/C30H45N/c1-2-3-4-5-6-7-8-9-10-11-12-13-14-15-16-20-25-29(28-23-18-17-19-24-28)30-26-21-22-27-31-30/h9-10,17-19,21-24,26-27,29H,2-8,11-16,20,25H2,1H3. The predicted octanol–water partition coefficient (Wildman–Crippen LogP) is 9.64. The Hall–Kier alpha value is -1.89. The van der Waals surface area contributed by atoms with Crippen molar-refractivity contribution in [1.29, 1.82) is 0 Å². The minimum absolute atomic E-state index is 0.430. The minimum Gasteiger partial charge on any atom is -0.261 e. The zero-order chi connectivity index (χ0) is 21.8. The van der Waals surface area contributed by atoms with Crippen LogP contribution in [0.3, 0.4) is 0 Å². The molecule has 1 atom stereocenters. The van der Waals surface area contributed by atoms with Crippen LogP contribution in [0.2, 0.25) is 0 Å². The van der Waals surface area contributed by atoms with Crippen LogP contribution in [0, 0.1) is 0 Å². The number of nitrogens with zero attached hydrogens (tertiary/aromatic N) is 1. The van der Waals surface area contributed by atoms with E-state index in [4.69, 9.17) is 0 Å². The van der Waals surface area contributed by atoms with Gasteiger partial charge in [0.05, 0.1) is 0 Å². The van der Waals surface area contributed by atoms with Gasteiger partial charge in [-0.15, -0.1) is 0 Å². The second-order valence-corrected chi connectivity index (χ2v) is 8.94. The summed E-state index contributed by atoms with van der Waals surface area (Å²) in [6.45, 7) is 2.29. The first-order chi connectivity index (χ1) is 15.4. The van der Waals surface area contributed by atoms with Gasteiger partial charge in [0, 0.05) is 17.8 Å². The second-order valence-electron chi connectivity index (χ2n) is 8.94.